The number of anilines is 1. The summed E-state index contributed by atoms with van der Waals surface area (Å²) in [5, 5.41) is 3.34. The summed E-state index contributed by atoms with van der Waals surface area (Å²) in [6.45, 7) is 0.799. The standard InChI is InChI=1S/C20H22N2O/c23-19(22-15-6-9-16-8-4-5-12-18(16)22)21-20(13-7-14-20)17-10-2-1-3-11-17/h1-5,8,10-12H,6-7,9,13-15H2,(H,21,23). The van der Waals surface area contributed by atoms with E-state index in [-0.39, 0.29) is 11.6 Å². The zero-order valence-electron chi connectivity index (χ0n) is 13.3. The number of aryl methyl sites for hydroxylation is 1. The summed E-state index contributed by atoms with van der Waals surface area (Å²) in [5.74, 6) is 0. The van der Waals surface area contributed by atoms with Crippen LogP contribution in [0, 0.1) is 0 Å². The number of carbonyl (C=O) groups is 1. The quantitative estimate of drug-likeness (QED) is 0.885. The van der Waals surface area contributed by atoms with E-state index in [0.717, 1.165) is 37.9 Å². The van der Waals surface area contributed by atoms with Gasteiger partial charge in [-0.2, -0.15) is 0 Å². The van der Waals surface area contributed by atoms with E-state index in [2.05, 4.69) is 47.8 Å². The average molecular weight is 306 g/mol. The van der Waals surface area contributed by atoms with Gasteiger partial charge in [-0.25, -0.2) is 4.79 Å². The number of urea groups is 1. The predicted molar refractivity (Wildman–Crippen MR) is 92.6 cm³/mol. The maximum Gasteiger partial charge on any atom is 0.322 e. The molecule has 1 fully saturated rings. The normalized spacial score (nSPS) is 18.7. The first-order chi connectivity index (χ1) is 11.3. The Kier molecular flexibility index (Phi) is 3.56. The zero-order chi connectivity index (χ0) is 15.7. The summed E-state index contributed by atoms with van der Waals surface area (Å²) in [6, 6.07) is 18.7. The van der Waals surface area contributed by atoms with E-state index >= 15 is 0 Å². The molecule has 3 nitrogen and oxygen atoms in total. The first kappa shape index (κ1) is 14.3. The molecule has 0 aromatic heterocycles. The smallest absolute Gasteiger partial charge is 0.322 e. The number of para-hydroxylation sites is 1. The van der Waals surface area contributed by atoms with Crippen molar-refractivity contribution in [3.63, 3.8) is 0 Å². The number of hydrogen-bond donors (Lipinski definition) is 1. The van der Waals surface area contributed by atoms with Crippen LogP contribution < -0.4 is 10.2 Å². The minimum atomic E-state index is -0.176. The van der Waals surface area contributed by atoms with E-state index in [1.807, 2.05) is 17.0 Å². The fourth-order valence-corrected chi connectivity index (χ4v) is 3.79. The molecule has 1 heterocycles. The predicted octanol–water partition coefficient (Wildman–Crippen LogP) is 4.23. The van der Waals surface area contributed by atoms with Crippen LogP contribution in [0.25, 0.3) is 0 Å². The lowest BCUT2D eigenvalue weighted by Gasteiger charge is -2.44. The van der Waals surface area contributed by atoms with Crippen molar-refractivity contribution in [2.24, 2.45) is 0 Å². The van der Waals surface area contributed by atoms with Gasteiger partial charge in [-0.3, -0.25) is 4.90 Å². The lowest BCUT2D eigenvalue weighted by Crippen LogP contribution is -2.55. The zero-order valence-corrected chi connectivity index (χ0v) is 13.3. The SMILES string of the molecule is O=C(NC1(c2ccccc2)CCC1)N1CCCc2ccccc21. The Morgan fingerprint density at radius 3 is 2.43 bits per heavy atom. The first-order valence-corrected chi connectivity index (χ1v) is 8.52. The van der Waals surface area contributed by atoms with Crippen molar-refractivity contribution in [2.75, 3.05) is 11.4 Å². The number of rotatable bonds is 2. The summed E-state index contributed by atoms with van der Waals surface area (Å²) in [7, 11) is 0. The van der Waals surface area contributed by atoms with Crippen LogP contribution >= 0.6 is 0 Å². The van der Waals surface area contributed by atoms with Gasteiger partial charge in [0, 0.05) is 12.2 Å². The van der Waals surface area contributed by atoms with Crippen molar-refractivity contribution >= 4 is 11.7 Å². The number of amides is 2. The molecule has 2 aromatic rings. The highest BCUT2D eigenvalue weighted by Gasteiger charge is 2.41. The van der Waals surface area contributed by atoms with Crippen LogP contribution in [0.2, 0.25) is 0 Å². The number of nitrogens with zero attached hydrogens (tertiary/aromatic N) is 1. The molecule has 2 aliphatic rings. The fourth-order valence-electron chi connectivity index (χ4n) is 3.79. The third-order valence-electron chi connectivity index (χ3n) is 5.24. The van der Waals surface area contributed by atoms with E-state index < -0.39 is 0 Å². The van der Waals surface area contributed by atoms with Gasteiger partial charge in [0.15, 0.2) is 0 Å². The molecule has 0 unspecified atom stereocenters. The summed E-state index contributed by atoms with van der Waals surface area (Å²) in [6.07, 6.45) is 5.31. The lowest BCUT2D eigenvalue weighted by molar-refractivity contribution is 0.181. The highest BCUT2D eigenvalue weighted by molar-refractivity contribution is 5.93. The lowest BCUT2D eigenvalue weighted by atomic mass is 9.72. The van der Waals surface area contributed by atoms with Crippen molar-refractivity contribution in [3.8, 4) is 0 Å². The molecular weight excluding hydrogens is 284 g/mol. The highest BCUT2D eigenvalue weighted by Crippen LogP contribution is 2.41. The minimum Gasteiger partial charge on any atom is -0.328 e. The van der Waals surface area contributed by atoms with Gasteiger partial charge in [0.1, 0.15) is 0 Å². The van der Waals surface area contributed by atoms with Crippen LogP contribution in [-0.4, -0.2) is 12.6 Å². The highest BCUT2D eigenvalue weighted by atomic mass is 16.2. The molecule has 1 saturated carbocycles. The molecule has 2 amide bonds. The third kappa shape index (κ3) is 2.50. The van der Waals surface area contributed by atoms with Crippen LogP contribution in [0.5, 0.6) is 0 Å². The second-order valence-corrected chi connectivity index (χ2v) is 6.62. The van der Waals surface area contributed by atoms with Gasteiger partial charge in [0.05, 0.1) is 5.54 Å². The maximum atomic E-state index is 13.0. The largest absolute Gasteiger partial charge is 0.328 e. The number of nitrogens with one attached hydrogen (secondary N) is 1. The summed E-state index contributed by atoms with van der Waals surface area (Å²) >= 11 is 0. The van der Waals surface area contributed by atoms with Crippen molar-refractivity contribution in [1.82, 2.24) is 5.32 Å². The number of benzene rings is 2. The Labute approximate surface area is 137 Å². The number of carbonyl (C=O) groups excluding carboxylic acids is 1. The van der Waals surface area contributed by atoms with Crippen LogP contribution in [0.1, 0.15) is 36.8 Å². The molecule has 1 aliphatic heterocycles. The van der Waals surface area contributed by atoms with Gasteiger partial charge >= 0.3 is 6.03 Å². The van der Waals surface area contributed by atoms with E-state index in [4.69, 9.17) is 0 Å². The number of fused-ring (bicyclic) bond motifs is 1. The summed E-state index contributed by atoms with van der Waals surface area (Å²) in [5.41, 5.74) is 3.39. The molecule has 0 radical (unpaired) electrons. The van der Waals surface area contributed by atoms with Crippen molar-refractivity contribution in [3.05, 3.63) is 65.7 Å². The van der Waals surface area contributed by atoms with Crippen LogP contribution in [0.4, 0.5) is 10.5 Å². The van der Waals surface area contributed by atoms with E-state index in [0.29, 0.717) is 0 Å². The fraction of sp³-hybridized carbons (Fsp3) is 0.350. The molecule has 0 atom stereocenters. The Hall–Kier alpha value is -2.29. The number of hydrogen-bond acceptors (Lipinski definition) is 1. The summed E-state index contributed by atoms with van der Waals surface area (Å²) in [4.78, 5) is 14.9. The molecule has 0 bridgehead atoms. The van der Waals surface area contributed by atoms with Crippen molar-refractivity contribution in [1.29, 1.82) is 0 Å². The Balaban J connectivity index is 1.59. The van der Waals surface area contributed by atoms with Crippen LogP contribution in [-0.2, 0) is 12.0 Å². The van der Waals surface area contributed by atoms with Crippen molar-refractivity contribution < 1.29 is 4.79 Å². The van der Waals surface area contributed by atoms with Crippen molar-refractivity contribution in [2.45, 2.75) is 37.6 Å². The minimum absolute atomic E-state index is 0.0423. The van der Waals surface area contributed by atoms with Gasteiger partial charge in [-0.15, -0.1) is 0 Å². The van der Waals surface area contributed by atoms with Gasteiger partial charge in [-0.05, 0) is 49.3 Å². The van der Waals surface area contributed by atoms with Gasteiger partial charge in [0.25, 0.3) is 0 Å². The van der Waals surface area contributed by atoms with Crippen LogP contribution in [0.3, 0.4) is 0 Å². The third-order valence-corrected chi connectivity index (χ3v) is 5.24. The maximum absolute atomic E-state index is 13.0. The molecule has 1 aliphatic carbocycles. The van der Waals surface area contributed by atoms with Gasteiger partial charge < -0.3 is 5.32 Å². The van der Waals surface area contributed by atoms with Gasteiger partial charge in [0.2, 0.25) is 0 Å². The molecular formula is C20H22N2O. The summed E-state index contributed by atoms with van der Waals surface area (Å²) < 4.78 is 0. The second-order valence-electron chi connectivity index (χ2n) is 6.62. The van der Waals surface area contributed by atoms with Gasteiger partial charge in [-0.1, -0.05) is 48.5 Å². The Morgan fingerprint density at radius 2 is 1.70 bits per heavy atom. The Morgan fingerprint density at radius 1 is 0.957 bits per heavy atom. The average Bonchev–Trinajstić information content (AvgIpc) is 2.58. The van der Waals surface area contributed by atoms with E-state index in [1.54, 1.807) is 0 Å². The Bertz CT molecular complexity index is 707. The molecule has 23 heavy (non-hydrogen) atoms. The van der Waals surface area contributed by atoms with Crippen LogP contribution in [0.15, 0.2) is 54.6 Å². The molecule has 118 valence electrons. The second kappa shape index (κ2) is 5.73. The molecule has 3 heteroatoms. The molecule has 1 N–H and O–H groups in total. The molecule has 0 spiro atoms. The molecule has 0 saturated heterocycles. The first-order valence-electron chi connectivity index (χ1n) is 8.52. The monoisotopic (exact) mass is 306 g/mol. The van der Waals surface area contributed by atoms with E-state index in [9.17, 15) is 4.79 Å². The van der Waals surface area contributed by atoms with E-state index in [1.165, 1.54) is 17.5 Å². The topological polar surface area (TPSA) is 32.3 Å². The molecule has 2 aromatic carbocycles. The molecule has 4 rings (SSSR count).